The van der Waals surface area contributed by atoms with Gasteiger partial charge in [0.1, 0.15) is 0 Å². The molecule has 7 nitrogen and oxygen atoms in total. The number of carbonyl (C=O) groups is 2. The highest BCUT2D eigenvalue weighted by Crippen LogP contribution is 2.31. The molecule has 34 heavy (non-hydrogen) atoms. The number of fused-ring (bicyclic) bond motifs is 1. The Balaban J connectivity index is 1.57. The Morgan fingerprint density at radius 3 is 2.71 bits per heavy atom. The van der Waals surface area contributed by atoms with Crippen LogP contribution in [0.25, 0.3) is 22.2 Å². The van der Waals surface area contributed by atoms with Crippen LogP contribution in [0.3, 0.4) is 0 Å². The molecule has 1 saturated heterocycles. The molecule has 0 bridgehead atoms. The van der Waals surface area contributed by atoms with Crippen LogP contribution in [0.5, 0.6) is 5.75 Å². The second-order valence-electron chi connectivity index (χ2n) is 8.30. The number of rotatable bonds is 4. The van der Waals surface area contributed by atoms with E-state index in [1.54, 1.807) is 40.1 Å². The van der Waals surface area contributed by atoms with Crippen molar-refractivity contribution in [3.05, 3.63) is 58.9 Å². The number of nitrogens with zero attached hydrogens (tertiary/aromatic N) is 3. The number of benzene rings is 2. The van der Waals surface area contributed by atoms with Crippen molar-refractivity contribution in [2.24, 2.45) is 0 Å². The molecule has 1 atom stereocenters. The van der Waals surface area contributed by atoms with Gasteiger partial charge in [0.05, 0.1) is 22.8 Å². The van der Waals surface area contributed by atoms with E-state index >= 15 is 0 Å². The van der Waals surface area contributed by atoms with E-state index in [-0.39, 0.29) is 18.0 Å². The van der Waals surface area contributed by atoms with E-state index in [0.717, 1.165) is 6.42 Å². The van der Waals surface area contributed by atoms with E-state index in [4.69, 9.17) is 16.3 Å². The Kier molecular flexibility index (Phi) is 6.88. The Morgan fingerprint density at radius 1 is 1.21 bits per heavy atom. The zero-order chi connectivity index (χ0) is 24.4. The van der Waals surface area contributed by atoms with Crippen molar-refractivity contribution in [3.8, 4) is 17.0 Å². The second kappa shape index (κ2) is 9.85. The summed E-state index contributed by atoms with van der Waals surface area (Å²) < 4.78 is 19.1. The Labute approximate surface area is 201 Å². The fraction of sp³-hybridized carbons (Fsp3) is 0.320. The molecule has 2 amide bonds. The summed E-state index contributed by atoms with van der Waals surface area (Å²) in [7, 11) is 0. The second-order valence-corrected chi connectivity index (χ2v) is 8.70. The topological polar surface area (TPSA) is 83.0 Å². The molecule has 0 radical (unpaired) electrons. The molecule has 1 N–H and O–H groups in total. The minimum atomic E-state index is -0.758. The molecule has 0 saturated carbocycles. The number of hydrogen-bond acceptors (Lipinski definition) is 5. The third kappa shape index (κ3) is 4.77. The fourth-order valence-corrected chi connectivity index (χ4v) is 4.26. The van der Waals surface area contributed by atoms with E-state index in [2.05, 4.69) is 4.98 Å². The van der Waals surface area contributed by atoms with Crippen LogP contribution in [0.15, 0.2) is 42.5 Å². The van der Waals surface area contributed by atoms with E-state index in [1.807, 2.05) is 13.8 Å². The average molecular weight is 486 g/mol. The molecule has 178 valence electrons. The van der Waals surface area contributed by atoms with E-state index in [0.29, 0.717) is 59.0 Å². The summed E-state index contributed by atoms with van der Waals surface area (Å²) in [6.45, 7) is 5.37. The standard InChI is InChI=1S/C25H25ClFN3O4/c1-3-10-34-25(33)30-9-8-29(14-15(30)2)24(32)17-4-6-18-19(26)13-21(28-22(18)12-17)16-5-7-23(31)20(27)11-16/h4-7,11-13,15,31H,3,8-10,14H2,1-2H3. The SMILES string of the molecule is CCCOC(=O)N1CCN(C(=O)c2ccc3c(Cl)cc(-c4ccc(O)c(F)c4)nc3c2)CC1C. The zero-order valence-corrected chi connectivity index (χ0v) is 19.7. The van der Waals surface area contributed by atoms with Gasteiger partial charge in [-0.2, -0.15) is 0 Å². The minimum Gasteiger partial charge on any atom is -0.505 e. The number of phenols is 1. The summed E-state index contributed by atoms with van der Waals surface area (Å²) in [6.07, 6.45) is 0.395. The maximum atomic E-state index is 13.8. The van der Waals surface area contributed by atoms with Crippen LogP contribution < -0.4 is 0 Å². The fourth-order valence-electron chi connectivity index (χ4n) is 4.00. The number of pyridine rings is 1. The number of carbonyl (C=O) groups excluding carboxylic acids is 2. The maximum Gasteiger partial charge on any atom is 0.410 e. The lowest BCUT2D eigenvalue weighted by molar-refractivity contribution is 0.0412. The van der Waals surface area contributed by atoms with Gasteiger partial charge in [-0.15, -0.1) is 0 Å². The van der Waals surface area contributed by atoms with Gasteiger partial charge < -0.3 is 19.6 Å². The number of aromatic nitrogens is 1. The molecule has 9 heteroatoms. The van der Waals surface area contributed by atoms with Gasteiger partial charge in [0.15, 0.2) is 11.6 Å². The highest BCUT2D eigenvalue weighted by molar-refractivity contribution is 6.35. The number of piperazine rings is 1. The highest BCUT2D eigenvalue weighted by atomic mass is 35.5. The van der Waals surface area contributed by atoms with E-state index < -0.39 is 11.6 Å². The molecule has 1 aliphatic rings. The maximum absolute atomic E-state index is 13.8. The Hall–Kier alpha value is -3.39. The molecule has 4 rings (SSSR count). The highest BCUT2D eigenvalue weighted by Gasteiger charge is 2.31. The molecule has 1 fully saturated rings. The lowest BCUT2D eigenvalue weighted by atomic mass is 10.1. The summed E-state index contributed by atoms with van der Waals surface area (Å²) in [5.74, 6) is -1.38. The first kappa shape index (κ1) is 23.8. The summed E-state index contributed by atoms with van der Waals surface area (Å²) in [5, 5.41) is 10.5. The first-order valence-corrected chi connectivity index (χ1v) is 11.5. The summed E-state index contributed by atoms with van der Waals surface area (Å²) in [4.78, 5) is 33.4. The molecular weight excluding hydrogens is 461 g/mol. The van der Waals surface area contributed by atoms with Crippen molar-refractivity contribution in [2.75, 3.05) is 26.2 Å². The minimum absolute atomic E-state index is 0.172. The van der Waals surface area contributed by atoms with Gasteiger partial charge in [-0.3, -0.25) is 4.79 Å². The molecule has 0 spiro atoms. The van der Waals surface area contributed by atoms with E-state index in [1.165, 1.54) is 12.1 Å². The van der Waals surface area contributed by atoms with Gasteiger partial charge >= 0.3 is 6.09 Å². The molecule has 1 aromatic heterocycles. The third-order valence-electron chi connectivity index (χ3n) is 5.83. The van der Waals surface area contributed by atoms with Gasteiger partial charge in [0, 0.05) is 42.2 Å². The number of phenolic OH excluding ortho intramolecular Hbond substituents is 1. The summed E-state index contributed by atoms with van der Waals surface area (Å²) in [6, 6.07) is 10.5. The normalized spacial score (nSPS) is 16.1. The van der Waals surface area contributed by atoms with Gasteiger partial charge in [-0.1, -0.05) is 24.6 Å². The molecule has 3 aromatic rings. The number of hydrogen-bond donors (Lipinski definition) is 1. The first-order valence-electron chi connectivity index (χ1n) is 11.1. The van der Waals surface area contributed by atoms with Gasteiger partial charge in [-0.25, -0.2) is 14.2 Å². The van der Waals surface area contributed by atoms with Crippen LogP contribution in [0, 0.1) is 5.82 Å². The quantitative estimate of drug-likeness (QED) is 0.556. The molecule has 1 unspecified atom stereocenters. The van der Waals surface area contributed by atoms with Crippen LogP contribution in [0.2, 0.25) is 5.02 Å². The Bertz CT molecular complexity index is 1250. The number of amides is 2. The summed E-state index contributed by atoms with van der Waals surface area (Å²) >= 11 is 6.44. The van der Waals surface area contributed by atoms with Gasteiger partial charge in [0.25, 0.3) is 5.91 Å². The predicted molar refractivity (Wildman–Crippen MR) is 128 cm³/mol. The van der Waals surface area contributed by atoms with Crippen LogP contribution in [-0.2, 0) is 4.74 Å². The molecule has 1 aliphatic heterocycles. The summed E-state index contributed by atoms with van der Waals surface area (Å²) in [5.41, 5.74) is 1.82. The van der Waals surface area contributed by atoms with Crippen molar-refractivity contribution in [3.63, 3.8) is 0 Å². The van der Waals surface area contributed by atoms with Crippen molar-refractivity contribution >= 4 is 34.5 Å². The van der Waals surface area contributed by atoms with E-state index in [9.17, 15) is 19.1 Å². The number of halogens is 2. The van der Waals surface area contributed by atoms with Crippen molar-refractivity contribution in [1.82, 2.24) is 14.8 Å². The lowest BCUT2D eigenvalue weighted by Crippen LogP contribution is -2.55. The van der Waals surface area contributed by atoms with Crippen LogP contribution in [-0.4, -0.2) is 64.2 Å². The van der Waals surface area contributed by atoms with Crippen molar-refractivity contribution < 1.29 is 23.8 Å². The number of ether oxygens (including phenoxy) is 1. The van der Waals surface area contributed by atoms with Gasteiger partial charge in [0.2, 0.25) is 0 Å². The monoisotopic (exact) mass is 485 g/mol. The lowest BCUT2D eigenvalue weighted by Gasteiger charge is -2.39. The molecule has 2 heterocycles. The smallest absolute Gasteiger partial charge is 0.410 e. The third-order valence-corrected chi connectivity index (χ3v) is 6.14. The Morgan fingerprint density at radius 2 is 2.00 bits per heavy atom. The van der Waals surface area contributed by atoms with Crippen LogP contribution in [0.4, 0.5) is 9.18 Å². The first-order chi connectivity index (χ1) is 16.3. The van der Waals surface area contributed by atoms with Crippen LogP contribution >= 0.6 is 11.6 Å². The molecule has 0 aliphatic carbocycles. The average Bonchev–Trinajstić information content (AvgIpc) is 2.83. The van der Waals surface area contributed by atoms with Crippen molar-refractivity contribution in [2.45, 2.75) is 26.3 Å². The molecular formula is C25H25ClFN3O4. The predicted octanol–water partition coefficient (Wildman–Crippen LogP) is 5.09. The van der Waals surface area contributed by atoms with Crippen molar-refractivity contribution in [1.29, 1.82) is 0 Å². The largest absolute Gasteiger partial charge is 0.505 e. The number of aromatic hydroxyl groups is 1. The van der Waals surface area contributed by atoms with Crippen LogP contribution in [0.1, 0.15) is 30.6 Å². The molecule has 2 aromatic carbocycles. The van der Waals surface area contributed by atoms with Gasteiger partial charge in [-0.05, 0) is 49.7 Å². The zero-order valence-electron chi connectivity index (χ0n) is 18.9.